The highest BCUT2D eigenvalue weighted by Gasteiger charge is 2.36. The molecule has 4 rings (SSSR count). The fourth-order valence-electron chi connectivity index (χ4n) is 5.40. The van der Waals surface area contributed by atoms with Crippen LogP contribution in [0.25, 0.3) is 11.1 Å². The second kappa shape index (κ2) is 13.2. The van der Waals surface area contributed by atoms with Crippen molar-refractivity contribution in [1.82, 2.24) is 4.98 Å². The number of halogens is 1. The van der Waals surface area contributed by atoms with E-state index in [2.05, 4.69) is 30.6 Å². The number of aryl methyl sites for hydroxylation is 1. The summed E-state index contributed by atoms with van der Waals surface area (Å²) in [5.41, 5.74) is 4.78. The molecule has 0 saturated carbocycles. The molecule has 3 aromatic rings. The molecule has 1 aliphatic rings. The Morgan fingerprint density at radius 2 is 1.72 bits per heavy atom. The lowest BCUT2D eigenvalue weighted by atomic mass is 9.81. The summed E-state index contributed by atoms with van der Waals surface area (Å²) in [6.45, 7) is 15.8. The molecular weight excluding hydrogens is 543 g/mol. The van der Waals surface area contributed by atoms with Crippen LogP contribution < -0.4 is 9.64 Å². The van der Waals surface area contributed by atoms with Gasteiger partial charge in [0.1, 0.15) is 17.3 Å². The van der Waals surface area contributed by atoms with Gasteiger partial charge in [-0.3, -0.25) is 0 Å². The van der Waals surface area contributed by atoms with Gasteiger partial charge in [0.05, 0.1) is 17.9 Å². The fraction of sp³-hybridized carbons (Fsp3) is 0.444. The minimum Gasteiger partial charge on any atom is -0.493 e. The van der Waals surface area contributed by atoms with Gasteiger partial charge in [0.2, 0.25) is 0 Å². The first-order chi connectivity index (χ1) is 20.3. The molecule has 7 heteroatoms. The fourth-order valence-corrected chi connectivity index (χ4v) is 5.40. The number of benzene rings is 2. The number of carboxylic acids is 1. The van der Waals surface area contributed by atoms with Gasteiger partial charge in [-0.1, -0.05) is 44.0 Å². The summed E-state index contributed by atoms with van der Waals surface area (Å²) >= 11 is 0. The monoisotopic (exact) mass is 586 g/mol. The molecule has 1 unspecified atom stereocenters. The van der Waals surface area contributed by atoms with E-state index >= 15 is 0 Å². The van der Waals surface area contributed by atoms with Crippen LogP contribution >= 0.6 is 0 Å². The van der Waals surface area contributed by atoms with E-state index in [9.17, 15) is 14.3 Å². The second-order valence-electron chi connectivity index (χ2n) is 12.9. The summed E-state index contributed by atoms with van der Waals surface area (Å²) in [6.07, 6.45) is 1.40. The number of rotatable bonds is 9. The minimum absolute atomic E-state index is 0.200. The summed E-state index contributed by atoms with van der Waals surface area (Å²) in [5, 5.41) is 10.4. The highest BCUT2D eigenvalue weighted by atomic mass is 19.1. The van der Waals surface area contributed by atoms with Gasteiger partial charge >= 0.3 is 5.97 Å². The maximum Gasteiger partial charge on any atom is 0.337 e. The van der Waals surface area contributed by atoms with E-state index in [0.717, 1.165) is 48.3 Å². The Balaban J connectivity index is 1.79. The third-order valence-corrected chi connectivity index (χ3v) is 7.75. The predicted octanol–water partition coefficient (Wildman–Crippen LogP) is 7.76. The number of piperidine rings is 1. The molecule has 6 nitrogen and oxygen atoms in total. The number of hydrogen-bond donors (Lipinski definition) is 1. The SMILES string of the molecule is CC#Cc1nc(C)c(C(OC(C)(C)C)C(=O)O)c(N2CCC(C)(C)CC2)c1-c1ccc(OCCc2ccc(F)cc2)cc1. The van der Waals surface area contributed by atoms with Gasteiger partial charge in [-0.15, -0.1) is 0 Å². The average Bonchev–Trinajstić information content (AvgIpc) is 2.93. The summed E-state index contributed by atoms with van der Waals surface area (Å²) < 4.78 is 25.4. The third kappa shape index (κ3) is 8.14. The molecule has 1 N–H and O–H groups in total. The maximum absolute atomic E-state index is 13.2. The minimum atomic E-state index is -1.20. The number of ether oxygens (including phenoxy) is 2. The van der Waals surface area contributed by atoms with Gasteiger partial charge < -0.3 is 19.5 Å². The summed E-state index contributed by atoms with van der Waals surface area (Å²) in [6, 6.07) is 14.2. The van der Waals surface area contributed by atoms with E-state index in [0.29, 0.717) is 35.7 Å². The van der Waals surface area contributed by atoms with Crippen molar-refractivity contribution in [2.24, 2.45) is 5.41 Å². The first-order valence-corrected chi connectivity index (χ1v) is 14.9. The molecule has 0 amide bonds. The molecule has 1 atom stereocenters. The normalized spacial score (nSPS) is 15.4. The zero-order valence-corrected chi connectivity index (χ0v) is 26.4. The number of aromatic nitrogens is 1. The molecule has 0 radical (unpaired) electrons. The quantitative estimate of drug-likeness (QED) is 0.259. The van der Waals surface area contributed by atoms with Crippen LogP contribution in [0.15, 0.2) is 48.5 Å². The Hall–Kier alpha value is -3.89. The lowest BCUT2D eigenvalue weighted by Crippen LogP contribution is -2.39. The van der Waals surface area contributed by atoms with Gasteiger partial charge in [0, 0.05) is 36.3 Å². The van der Waals surface area contributed by atoms with E-state index < -0.39 is 17.7 Å². The van der Waals surface area contributed by atoms with Crippen LogP contribution in [0.5, 0.6) is 5.75 Å². The number of aliphatic carboxylic acids is 1. The van der Waals surface area contributed by atoms with Gasteiger partial charge in [-0.2, -0.15) is 0 Å². The van der Waals surface area contributed by atoms with E-state index in [-0.39, 0.29) is 11.2 Å². The molecule has 0 spiro atoms. The molecule has 1 fully saturated rings. The Kier molecular flexibility index (Phi) is 9.82. The van der Waals surface area contributed by atoms with Gasteiger partial charge in [0.15, 0.2) is 6.10 Å². The zero-order valence-electron chi connectivity index (χ0n) is 26.4. The molecule has 0 bridgehead atoms. The largest absolute Gasteiger partial charge is 0.493 e. The van der Waals surface area contributed by atoms with Gasteiger partial charge in [-0.05, 0) is 94.2 Å². The Bertz CT molecular complexity index is 1490. The molecular formula is C36H43FN2O4. The van der Waals surface area contributed by atoms with Crippen molar-refractivity contribution in [1.29, 1.82) is 0 Å². The summed E-state index contributed by atoms with van der Waals surface area (Å²) in [7, 11) is 0. The molecule has 2 heterocycles. The molecule has 1 aliphatic heterocycles. The lowest BCUT2D eigenvalue weighted by molar-refractivity contribution is -0.160. The summed E-state index contributed by atoms with van der Waals surface area (Å²) in [4.78, 5) is 19.9. The molecule has 0 aliphatic carbocycles. The summed E-state index contributed by atoms with van der Waals surface area (Å²) in [5.74, 6) is 5.59. The van der Waals surface area contributed by atoms with Gasteiger partial charge in [0.25, 0.3) is 0 Å². The molecule has 1 saturated heterocycles. The van der Waals surface area contributed by atoms with E-state index in [1.807, 2.05) is 52.0 Å². The average molecular weight is 587 g/mol. The number of anilines is 1. The Morgan fingerprint density at radius 3 is 2.28 bits per heavy atom. The number of hydrogen-bond acceptors (Lipinski definition) is 5. The van der Waals surface area contributed by atoms with E-state index in [1.165, 1.54) is 12.1 Å². The topological polar surface area (TPSA) is 71.9 Å². The number of carbonyl (C=O) groups is 1. The van der Waals surface area contributed by atoms with Crippen molar-refractivity contribution in [3.8, 4) is 28.7 Å². The molecule has 2 aromatic carbocycles. The van der Waals surface area contributed by atoms with Crippen molar-refractivity contribution in [2.45, 2.75) is 79.4 Å². The number of carboxylic acid groups (broad SMARTS) is 1. The molecule has 43 heavy (non-hydrogen) atoms. The number of pyridine rings is 1. The smallest absolute Gasteiger partial charge is 0.337 e. The highest BCUT2D eigenvalue weighted by Crippen LogP contribution is 2.45. The standard InChI is InChI=1S/C36H43FN2O4/c1-8-9-29-31(26-12-16-28(17-13-26)42-23-18-25-10-14-27(37)15-11-25)32(39-21-19-36(6,7)20-22-39)30(24(2)38-29)33(34(40)41)43-35(3,4)5/h10-17,33H,18-23H2,1-7H3,(H,40,41). The number of nitrogens with zero attached hydrogens (tertiary/aromatic N) is 2. The van der Waals surface area contributed by atoms with Crippen LogP contribution in [0.1, 0.15) is 83.0 Å². The Morgan fingerprint density at radius 1 is 1.09 bits per heavy atom. The van der Waals surface area contributed by atoms with Crippen LogP contribution in [0.4, 0.5) is 10.1 Å². The van der Waals surface area contributed by atoms with Crippen LogP contribution in [0.2, 0.25) is 0 Å². The highest BCUT2D eigenvalue weighted by molar-refractivity contribution is 5.89. The van der Waals surface area contributed by atoms with Crippen molar-refractivity contribution in [3.05, 3.63) is 76.9 Å². The maximum atomic E-state index is 13.2. The van der Waals surface area contributed by atoms with Crippen LogP contribution in [-0.4, -0.2) is 41.4 Å². The first kappa shape index (κ1) is 32.0. The molecule has 1 aromatic heterocycles. The van der Waals surface area contributed by atoms with Crippen LogP contribution in [-0.2, 0) is 16.0 Å². The Labute approximate surface area is 255 Å². The second-order valence-corrected chi connectivity index (χ2v) is 12.9. The van der Waals surface area contributed by atoms with Crippen LogP contribution in [0, 0.1) is 30.0 Å². The van der Waals surface area contributed by atoms with Crippen molar-refractivity contribution in [2.75, 3.05) is 24.6 Å². The van der Waals surface area contributed by atoms with E-state index in [1.54, 1.807) is 19.1 Å². The first-order valence-electron chi connectivity index (χ1n) is 14.9. The van der Waals surface area contributed by atoms with Crippen molar-refractivity contribution >= 4 is 11.7 Å². The van der Waals surface area contributed by atoms with E-state index in [4.69, 9.17) is 14.5 Å². The van der Waals surface area contributed by atoms with Crippen molar-refractivity contribution in [3.63, 3.8) is 0 Å². The van der Waals surface area contributed by atoms with Crippen LogP contribution in [0.3, 0.4) is 0 Å². The third-order valence-electron chi connectivity index (χ3n) is 7.75. The zero-order chi connectivity index (χ0) is 31.4. The van der Waals surface area contributed by atoms with Crippen molar-refractivity contribution < 1.29 is 23.8 Å². The van der Waals surface area contributed by atoms with Gasteiger partial charge in [-0.25, -0.2) is 14.2 Å². The predicted molar refractivity (Wildman–Crippen MR) is 169 cm³/mol. The molecule has 228 valence electrons. The lowest BCUT2D eigenvalue weighted by Gasteiger charge is -2.41.